The van der Waals surface area contributed by atoms with Gasteiger partial charge in [-0.15, -0.1) is 11.3 Å². The summed E-state index contributed by atoms with van der Waals surface area (Å²) in [4.78, 5) is 15.8. The minimum Gasteiger partial charge on any atom is -0.466 e. The van der Waals surface area contributed by atoms with Crippen LogP contribution >= 0.6 is 27.3 Å². The fraction of sp³-hybridized carbons (Fsp3) is 0.176. The molecule has 0 spiro atoms. The molecule has 2 aromatic heterocycles. The lowest BCUT2D eigenvalue weighted by Gasteiger charge is -2.05. The van der Waals surface area contributed by atoms with Crippen molar-refractivity contribution < 1.29 is 9.53 Å². The average Bonchev–Trinajstić information content (AvgIpc) is 3.25. The second kappa shape index (κ2) is 8.72. The number of aromatic nitrogens is 3. The zero-order valence-corrected chi connectivity index (χ0v) is 16.3. The number of thiazole rings is 1. The van der Waals surface area contributed by atoms with Gasteiger partial charge in [0.15, 0.2) is 0 Å². The molecule has 9 heteroatoms. The predicted octanol–water partition coefficient (Wildman–Crippen LogP) is 3.64. The highest BCUT2D eigenvalue weighted by Gasteiger charge is 2.08. The number of nitrogens with one attached hydrogen (secondary N) is 1. The molecule has 0 atom stereocenters. The van der Waals surface area contributed by atoms with Crippen molar-refractivity contribution in [2.75, 3.05) is 12.0 Å². The third kappa shape index (κ3) is 4.77. The highest BCUT2D eigenvalue weighted by atomic mass is 79.9. The summed E-state index contributed by atoms with van der Waals surface area (Å²) < 4.78 is 7.59. The second-order valence-corrected chi connectivity index (χ2v) is 6.93. The number of esters is 1. The lowest BCUT2D eigenvalue weighted by molar-refractivity contribution is -0.142. The van der Waals surface area contributed by atoms with Gasteiger partial charge in [0.05, 0.1) is 41.3 Å². The lowest BCUT2D eigenvalue weighted by Crippen LogP contribution is -2.07. The van der Waals surface area contributed by atoms with E-state index in [4.69, 9.17) is 4.74 Å². The van der Waals surface area contributed by atoms with E-state index < -0.39 is 0 Å². The Balaban J connectivity index is 1.66. The SMILES string of the molecule is CCOC(=O)Cc1csc(NN=Cc2ccccc2-n2cc(Br)cn2)n1. The number of hydrogen-bond donors (Lipinski definition) is 1. The third-order valence-electron chi connectivity index (χ3n) is 3.28. The number of para-hydroxylation sites is 1. The van der Waals surface area contributed by atoms with Gasteiger partial charge in [-0.1, -0.05) is 18.2 Å². The summed E-state index contributed by atoms with van der Waals surface area (Å²) in [6.45, 7) is 2.14. The van der Waals surface area contributed by atoms with E-state index in [-0.39, 0.29) is 12.4 Å². The number of carbonyl (C=O) groups excluding carboxylic acids is 1. The maximum Gasteiger partial charge on any atom is 0.311 e. The summed E-state index contributed by atoms with van der Waals surface area (Å²) in [5.74, 6) is -0.285. The predicted molar refractivity (Wildman–Crippen MR) is 105 cm³/mol. The van der Waals surface area contributed by atoms with Crippen LogP contribution in [0.5, 0.6) is 0 Å². The number of nitrogens with zero attached hydrogens (tertiary/aromatic N) is 4. The van der Waals surface area contributed by atoms with Crippen molar-refractivity contribution in [1.82, 2.24) is 14.8 Å². The summed E-state index contributed by atoms with van der Waals surface area (Å²) in [7, 11) is 0. The third-order valence-corrected chi connectivity index (χ3v) is 4.49. The number of halogens is 1. The monoisotopic (exact) mass is 433 g/mol. The highest BCUT2D eigenvalue weighted by molar-refractivity contribution is 9.10. The van der Waals surface area contributed by atoms with Gasteiger partial charge in [-0.3, -0.25) is 10.2 Å². The molecule has 26 heavy (non-hydrogen) atoms. The number of carbonyl (C=O) groups is 1. The van der Waals surface area contributed by atoms with Gasteiger partial charge in [-0.25, -0.2) is 9.67 Å². The molecule has 0 saturated carbocycles. The lowest BCUT2D eigenvalue weighted by atomic mass is 10.2. The van der Waals surface area contributed by atoms with E-state index >= 15 is 0 Å². The summed E-state index contributed by atoms with van der Waals surface area (Å²) in [6.07, 6.45) is 5.47. The summed E-state index contributed by atoms with van der Waals surface area (Å²) in [5, 5.41) is 11.0. The van der Waals surface area contributed by atoms with Crippen LogP contribution in [0.3, 0.4) is 0 Å². The maximum atomic E-state index is 11.5. The Morgan fingerprint density at radius 3 is 3.08 bits per heavy atom. The zero-order valence-electron chi connectivity index (χ0n) is 13.9. The van der Waals surface area contributed by atoms with Crippen LogP contribution in [-0.2, 0) is 16.0 Å². The number of benzene rings is 1. The van der Waals surface area contributed by atoms with Crippen LogP contribution in [0.1, 0.15) is 18.2 Å². The second-order valence-electron chi connectivity index (χ2n) is 5.16. The number of anilines is 1. The van der Waals surface area contributed by atoms with E-state index in [0.29, 0.717) is 17.4 Å². The normalized spacial score (nSPS) is 11.0. The van der Waals surface area contributed by atoms with Crippen LogP contribution in [0, 0.1) is 0 Å². The molecule has 0 saturated heterocycles. The van der Waals surface area contributed by atoms with Gasteiger partial charge in [-0.05, 0) is 28.9 Å². The van der Waals surface area contributed by atoms with Gasteiger partial charge in [0.1, 0.15) is 0 Å². The van der Waals surface area contributed by atoms with E-state index in [2.05, 4.69) is 36.5 Å². The molecule has 0 radical (unpaired) electrons. The quantitative estimate of drug-likeness (QED) is 0.349. The Kier molecular flexibility index (Phi) is 6.13. The van der Waals surface area contributed by atoms with Gasteiger partial charge < -0.3 is 4.74 Å². The van der Waals surface area contributed by atoms with Crippen molar-refractivity contribution in [3.8, 4) is 5.69 Å². The Morgan fingerprint density at radius 1 is 1.46 bits per heavy atom. The number of hydrogen-bond acceptors (Lipinski definition) is 7. The van der Waals surface area contributed by atoms with Crippen molar-refractivity contribution >= 4 is 44.6 Å². The standard InChI is InChI=1S/C17H16BrN5O2S/c1-2-25-16(24)7-14-11-26-17(21-14)22-19-8-12-5-3-4-6-15(12)23-10-13(18)9-20-23/h3-6,8-11H,2,7H2,1H3,(H,21,22). The molecule has 1 aromatic carbocycles. The Labute approximate surface area is 162 Å². The van der Waals surface area contributed by atoms with Gasteiger partial charge in [0, 0.05) is 17.1 Å². The first-order valence-electron chi connectivity index (χ1n) is 7.84. The molecule has 0 bridgehead atoms. The van der Waals surface area contributed by atoms with Crippen LogP contribution < -0.4 is 5.43 Å². The van der Waals surface area contributed by atoms with Gasteiger partial charge in [0.2, 0.25) is 5.13 Å². The smallest absolute Gasteiger partial charge is 0.311 e. The molecule has 134 valence electrons. The van der Waals surface area contributed by atoms with E-state index in [9.17, 15) is 4.79 Å². The van der Waals surface area contributed by atoms with Crippen molar-refractivity contribution in [1.29, 1.82) is 0 Å². The van der Waals surface area contributed by atoms with Gasteiger partial charge in [0.25, 0.3) is 0 Å². The van der Waals surface area contributed by atoms with Gasteiger partial charge in [-0.2, -0.15) is 10.2 Å². The number of rotatable bonds is 7. The fourth-order valence-electron chi connectivity index (χ4n) is 2.19. The zero-order chi connectivity index (χ0) is 18.4. The first-order valence-corrected chi connectivity index (χ1v) is 9.51. The topological polar surface area (TPSA) is 81.4 Å². The first kappa shape index (κ1) is 18.3. The first-order chi connectivity index (χ1) is 12.7. The number of ether oxygens (including phenoxy) is 1. The molecule has 0 fully saturated rings. The molecule has 1 N–H and O–H groups in total. The van der Waals surface area contributed by atoms with E-state index in [1.165, 1.54) is 11.3 Å². The van der Waals surface area contributed by atoms with Crippen molar-refractivity contribution in [3.05, 3.63) is 57.8 Å². The minimum atomic E-state index is -0.285. The fourth-order valence-corrected chi connectivity index (χ4v) is 3.14. The molecule has 7 nitrogen and oxygen atoms in total. The van der Waals surface area contributed by atoms with Crippen LogP contribution in [0.25, 0.3) is 5.69 Å². The highest BCUT2D eigenvalue weighted by Crippen LogP contribution is 2.17. The average molecular weight is 434 g/mol. The largest absolute Gasteiger partial charge is 0.466 e. The number of hydrazone groups is 1. The maximum absolute atomic E-state index is 11.5. The van der Waals surface area contributed by atoms with Crippen LogP contribution in [0.4, 0.5) is 5.13 Å². The molecular weight excluding hydrogens is 418 g/mol. The molecule has 2 heterocycles. The Hall–Kier alpha value is -2.52. The van der Waals surface area contributed by atoms with E-state index in [0.717, 1.165) is 15.7 Å². The van der Waals surface area contributed by atoms with Crippen LogP contribution in [-0.4, -0.2) is 33.6 Å². The molecule has 3 aromatic rings. The van der Waals surface area contributed by atoms with Crippen LogP contribution in [0.2, 0.25) is 0 Å². The minimum absolute atomic E-state index is 0.159. The molecule has 3 rings (SSSR count). The molecule has 0 aliphatic carbocycles. The molecule has 0 aliphatic rings. The van der Waals surface area contributed by atoms with Crippen molar-refractivity contribution in [3.63, 3.8) is 0 Å². The Morgan fingerprint density at radius 2 is 2.31 bits per heavy atom. The molecule has 0 amide bonds. The van der Waals surface area contributed by atoms with Gasteiger partial charge >= 0.3 is 5.97 Å². The molecule has 0 unspecified atom stereocenters. The van der Waals surface area contributed by atoms with Crippen molar-refractivity contribution in [2.45, 2.75) is 13.3 Å². The van der Waals surface area contributed by atoms with E-state index in [1.807, 2.05) is 35.8 Å². The Bertz CT molecular complexity index is 921. The molecule has 0 aliphatic heterocycles. The summed E-state index contributed by atoms with van der Waals surface area (Å²) >= 11 is 4.78. The summed E-state index contributed by atoms with van der Waals surface area (Å²) in [6, 6.07) is 7.79. The van der Waals surface area contributed by atoms with Crippen molar-refractivity contribution in [2.24, 2.45) is 5.10 Å². The van der Waals surface area contributed by atoms with E-state index in [1.54, 1.807) is 24.0 Å². The summed E-state index contributed by atoms with van der Waals surface area (Å²) in [5.41, 5.74) is 5.36. The molecular formula is C17H16BrN5O2S. The van der Waals surface area contributed by atoms with Crippen LogP contribution in [0.15, 0.2) is 51.6 Å².